The molecule has 92 valence electrons. The van der Waals surface area contributed by atoms with Crippen molar-refractivity contribution in [3.05, 3.63) is 0 Å². The van der Waals surface area contributed by atoms with Crippen molar-refractivity contribution >= 4 is 5.91 Å². The number of hydrogen-bond acceptors (Lipinski definition) is 2. The molecule has 2 atom stereocenters. The molecule has 0 radical (unpaired) electrons. The molecule has 0 saturated heterocycles. The second-order valence-electron chi connectivity index (χ2n) is 4.90. The minimum Gasteiger partial charge on any atom is -0.342 e. The van der Waals surface area contributed by atoms with Gasteiger partial charge in [0.15, 0.2) is 0 Å². The van der Waals surface area contributed by atoms with Crippen molar-refractivity contribution in [2.45, 2.75) is 53.0 Å². The van der Waals surface area contributed by atoms with Gasteiger partial charge in [0.05, 0.1) is 6.07 Å². The van der Waals surface area contributed by atoms with E-state index >= 15 is 0 Å². The molecule has 16 heavy (non-hydrogen) atoms. The van der Waals surface area contributed by atoms with Crippen LogP contribution in [0.1, 0.15) is 47.0 Å². The summed E-state index contributed by atoms with van der Waals surface area (Å²) in [6.07, 6.45) is 2.51. The predicted molar refractivity (Wildman–Crippen MR) is 65.7 cm³/mol. The van der Waals surface area contributed by atoms with Crippen LogP contribution in [0.5, 0.6) is 0 Å². The van der Waals surface area contributed by atoms with E-state index in [4.69, 9.17) is 5.26 Å². The van der Waals surface area contributed by atoms with Gasteiger partial charge in [-0.1, -0.05) is 27.2 Å². The topological polar surface area (TPSA) is 44.1 Å². The maximum Gasteiger partial charge on any atom is 0.239 e. The third kappa shape index (κ3) is 4.65. The normalized spacial score (nSPS) is 14.3. The van der Waals surface area contributed by atoms with Gasteiger partial charge < -0.3 is 4.90 Å². The maximum atomic E-state index is 12.0. The molecule has 0 aliphatic carbocycles. The Balaban J connectivity index is 4.41. The largest absolute Gasteiger partial charge is 0.342 e. The van der Waals surface area contributed by atoms with Crippen LogP contribution in [-0.2, 0) is 4.79 Å². The highest BCUT2D eigenvalue weighted by Crippen LogP contribution is 2.15. The van der Waals surface area contributed by atoms with Crippen molar-refractivity contribution in [3.8, 4) is 6.07 Å². The van der Waals surface area contributed by atoms with Gasteiger partial charge in [-0.25, -0.2) is 0 Å². The Kier molecular flexibility index (Phi) is 6.80. The van der Waals surface area contributed by atoms with E-state index in [0.717, 1.165) is 12.8 Å². The summed E-state index contributed by atoms with van der Waals surface area (Å²) >= 11 is 0. The van der Waals surface area contributed by atoms with Gasteiger partial charge >= 0.3 is 0 Å². The fourth-order valence-corrected chi connectivity index (χ4v) is 1.84. The van der Waals surface area contributed by atoms with Crippen LogP contribution in [0.4, 0.5) is 0 Å². The first-order chi connectivity index (χ1) is 7.43. The minimum absolute atomic E-state index is 0.0301. The van der Waals surface area contributed by atoms with Crippen molar-refractivity contribution in [2.24, 2.45) is 11.8 Å². The van der Waals surface area contributed by atoms with Crippen LogP contribution in [-0.4, -0.2) is 23.9 Å². The first kappa shape index (κ1) is 15.0. The van der Waals surface area contributed by atoms with Gasteiger partial charge in [0.1, 0.15) is 5.92 Å². The molecule has 1 amide bonds. The average Bonchev–Trinajstić information content (AvgIpc) is 2.22. The van der Waals surface area contributed by atoms with Gasteiger partial charge in [-0.05, 0) is 25.7 Å². The lowest BCUT2D eigenvalue weighted by atomic mass is 10.0. The lowest BCUT2D eigenvalue weighted by Crippen LogP contribution is -2.39. The van der Waals surface area contributed by atoms with Crippen molar-refractivity contribution in [1.29, 1.82) is 5.26 Å². The monoisotopic (exact) mass is 224 g/mol. The van der Waals surface area contributed by atoms with Crippen LogP contribution in [0.15, 0.2) is 0 Å². The minimum atomic E-state index is -0.468. The van der Waals surface area contributed by atoms with Crippen molar-refractivity contribution < 1.29 is 4.79 Å². The van der Waals surface area contributed by atoms with Gasteiger partial charge in [-0.15, -0.1) is 0 Å². The Morgan fingerprint density at radius 2 is 1.94 bits per heavy atom. The Morgan fingerprint density at radius 3 is 2.31 bits per heavy atom. The van der Waals surface area contributed by atoms with Crippen LogP contribution < -0.4 is 0 Å². The Bertz CT molecular complexity index is 255. The van der Waals surface area contributed by atoms with Gasteiger partial charge in [0.2, 0.25) is 5.91 Å². The van der Waals surface area contributed by atoms with E-state index in [1.807, 2.05) is 13.8 Å². The quantitative estimate of drug-likeness (QED) is 0.696. The lowest BCUT2D eigenvalue weighted by Gasteiger charge is -2.28. The average molecular weight is 224 g/mol. The molecule has 2 unspecified atom stereocenters. The number of carbonyl (C=O) groups excluding carboxylic acids is 1. The predicted octanol–water partition coefficient (Wildman–Crippen LogP) is 2.82. The van der Waals surface area contributed by atoms with Crippen molar-refractivity contribution in [2.75, 3.05) is 7.05 Å². The first-order valence-corrected chi connectivity index (χ1v) is 6.10. The molecule has 0 aromatic heterocycles. The van der Waals surface area contributed by atoms with Crippen LogP contribution >= 0.6 is 0 Å². The summed E-state index contributed by atoms with van der Waals surface area (Å²) in [7, 11) is 1.80. The molecule has 0 aliphatic heterocycles. The zero-order chi connectivity index (χ0) is 12.7. The number of rotatable bonds is 6. The molecule has 0 N–H and O–H groups in total. The summed E-state index contributed by atoms with van der Waals surface area (Å²) in [5.41, 5.74) is 0. The van der Waals surface area contributed by atoms with Crippen LogP contribution in [0, 0.1) is 23.2 Å². The highest BCUT2D eigenvalue weighted by molar-refractivity contribution is 5.81. The number of nitrogens with zero attached hydrogens (tertiary/aromatic N) is 2. The van der Waals surface area contributed by atoms with E-state index in [-0.39, 0.29) is 11.9 Å². The van der Waals surface area contributed by atoms with E-state index in [2.05, 4.69) is 19.9 Å². The Morgan fingerprint density at radius 1 is 1.38 bits per heavy atom. The fraction of sp³-hybridized carbons (Fsp3) is 0.846. The summed E-state index contributed by atoms with van der Waals surface area (Å²) in [4.78, 5) is 13.7. The molecular formula is C13H24N2O. The number of hydrogen-bond donors (Lipinski definition) is 0. The number of nitriles is 1. The molecule has 3 heteroatoms. The molecule has 3 nitrogen and oxygen atoms in total. The second kappa shape index (κ2) is 7.27. The third-order valence-corrected chi connectivity index (χ3v) is 2.85. The van der Waals surface area contributed by atoms with E-state index in [0.29, 0.717) is 12.3 Å². The number of carbonyl (C=O) groups is 1. The van der Waals surface area contributed by atoms with Crippen molar-refractivity contribution in [1.82, 2.24) is 4.90 Å². The highest BCUT2D eigenvalue weighted by atomic mass is 16.2. The molecular weight excluding hydrogens is 200 g/mol. The molecule has 0 saturated carbocycles. The number of amides is 1. The zero-order valence-electron chi connectivity index (χ0n) is 11.2. The van der Waals surface area contributed by atoms with Gasteiger partial charge in [0.25, 0.3) is 0 Å². The lowest BCUT2D eigenvalue weighted by molar-refractivity contribution is -0.134. The van der Waals surface area contributed by atoms with E-state index in [1.165, 1.54) is 0 Å². The second-order valence-corrected chi connectivity index (χ2v) is 4.90. The summed E-state index contributed by atoms with van der Waals surface area (Å²) in [6.45, 7) is 8.32. The summed E-state index contributed by atoms with van der Waals surface area (Å²) in [5.74, 6) is 0.0686. The molecule has 0 rings (SSSR count). The van der Waals surface area contributed by atoms with E-state index in [9.17, 15) is 4.79 Å². The highest BCUT2D eigenvalue weighted by Gasteiger charge is 2.24. The van der Waals surface area contributed by atoms with E-state index < -0.39 is 5.92 Å². The van der Waals surface area contributed by atoms with Crippen LogP contribution in [0.2, 0.25) is 0 Å². The Labute approximate surface area is 99.4 Å². The van der Waals surface area contributed by atoms with Gasteiger partial charge in [0, 0.05) is 13.1 Å². The molecule has 0 heterocycles. The summed E-state index contributed by atoms with van der Waals surface area (Å²) in [5, 5.41) is 8.94. The molecule has 0 spiro atoms. The van der Waals surface area contributed by atoms with Gasteiger partial charge in [-0.2, -0.15) is 5.26 Å². The first-order valence-electron chi connectivity index (χ1n) is 6.10. The maximum absolute atomic E-state index is 12.0. The Hall–Kier alpha value is -1.04. The molecule has 0 bridgehead atoms. The molecule has 0 aliphatic rings. The van der Waals surface area contributed by atoms with Crippen molar-refractivity contribution in [3.63, 3.8) is 0 Å². The van der Waals surface area contributed by atoms with Crippen LogP contribution in [0.25, 0.3) is 0 Å². The SMILES string of the molecule is CCCC(C#N)C(=O)N(C)C(C)CC(C)C. The smallest absolute Gasteiger partial charge is 0.239 e. The zero-order valence-corrected chi connectivity index (χ0v) is 11.2. The fourth-order valence-electron chi connectivity index (χ4n) is 1.84. The molecule has 0 aromatic rings. The summed E-state index contributed by atoms with van der Waals surface area (Å²) < 4.78 is 0. The summed E-state index contributed by atoms with van der Waals surface area (Å²) in [6, 6.07) is 2.31. The van der Waals surface area contributed by atoms with Gasteiger partial charge in [-0.3, -0.25) is 4.79 Å². The third-order valence-electron chi connectivity index (χ3n) is 2.85. The molecule has 0 fully saturated rings. The molecule has 0 aromatic carbocycles. The van der Waals surface area contributed by atoms with E-state index in [1.54, 1.807) is 11.9 Å². The van der Waals surface area contributed by atoms with Crippen LogP contribution in [0.3, 0.4) is 0 Å². The standard InChI is InChI=1S/C13H24N2O/c1-6-7-12(9-14)13(16)15(5)11(4)8-10(2)3/h10-12H,6-8H2,1-5H3.